The predicted octanol–water partition coefficient (Wildman–Crippen LogP) is 3.24. The predicted molar refractivity (Wildman–Crippen MR) is 74.8 cm³/mol. The second-order valence-corrected chi connectivity index (χ2v) is 9.18. The Kier molecular flexibility index (Phi) is 6.25. The van der Waals surface area contributed by atoms with Crippen molar-refractivity contribution in [1.82, 2.24) is 0 Å². The fourth-order valence-electron chi connectivity index (χ4n) is 1.35. The molecule has 0 aliphatic rings. The molecule has 0 saturated carbocycles. The van der Waals surface area contributed by atoms with Crippen LogP contribution in [0.25, 0.3) is 0 Å². The van der Waals surface area contributed by atoms with Gasteiger partial charge in [0.25, 0.3) is 0 Å². The minimum atomic E-state index is -1.54. The van der Waals surface area contributed by atoms with Crippen molar-refractivity contribution in [2.45, 2.75) is 32.1 Å². The highest BCUT2D eigenvalue weighted by Crippen LogP contribution is 2.20. The van der Waals surface area contributed by atoms with E-state index < -0.39 is 8.32 Å². The molecule has 0 amide bonds. The lowest BCUT2D eigenvalue weighted by Gasteiger charge is -2.19. The van der Waals surface area contributed by atoms with Crippen molar-refractivity contribution in [1.29, 1.82) is 5.26 Å². The molecule has 0 spiro atoms. The summed E-state index contributed by atoms with van der Waals surface area (Å²) in [7, 11) is -1.54. The van der Waals surface area contributed by atoms with E-state index in [1.807, 2.05) is 24.3 Å². The number of rotatable bonds is 4. The van der Waals surface area contributed by atoms with Crippen molar-refractivity contribution < 1.29 is 4.43 Å². The second-order valence-electron chi connectivity index (χ2n) is 4.75. The minimum absolute atomic E-state index is 0. The lowest BCUT2D eigenvalue weighted by atomic mass is 10.1. The smallest absolute Gasteiger partial charge is 0.242 e. The molecule has 1 aromatic carbocycles. The lowest BCUT2D eigenvalue weighted by Crippen LogP contribution is -2.29. The number of nitrogens with two attached hydrogens (primary N) is 1. The zero-order chi connectivity index (χ0) is 12.2. The van der Waals surface area contributed by atoms with Crippen LogP contribution in [0.2, 0.25) is 19.6 Å². The van der Waals surface area contributed by atoms with Gasteiger partial charge in [-0.25, -0.2) is 0 Å². The molecule has 5 heteroatoms. The average Bonchev–Trinajstić information content (AvgIpc) is 2.16. The monoisotopic (exact) mass is 270 g/mol. The Balaban J connectivity index is 0.00000256. The molecular weight excluding hydrogens is 252 g/mol. The molecule has 0 fully saturated rings. The Morgan fingerprint density at radius 3 is 2.24 bits per heavy atom. The van der Waals surface area contributed by atoms with Crippen molar-refractivity contribution in [2.24, 2.45) is 5.73 Å². The molecule has 0 aliphatic carbocycles. The standard InChI is InChI=1S/C12H18N2OSi.ClH/c1-16(2,3)15-11-6-4-10(5-7-11)12(14)8-9-13;/h4-7,12H,8,14H2,1-3H3;1H/t12-;/m1./s1. The first-order valence-corrected chi connectivity index (χ1v) is 8.75. The lowest BCUT2D eigenvalue weighted by molar-refractivity contribution is 0.557. The fraction of sp³-hybridized carbons (Fsp3) is 0.417. The quantitative estimate of drug-likeness (QED) is 0.855. The van der Waals surface area contributed by atoms with E-state index in [1.165, 1.54) is 0 Å². The Labute approximate surface area is 110 Å². The Bertz CT molecular complexity index is 381. The summed E-state index contributed by atoms with van der Waals surface area (Å²) >= 11 is 0. The van der Waals surface area contributed by atoms with Crippen LogP contribution in [0, 0.1) is 11.3 Å². The molecule has 0 aromatic heterocycles. The summed E-state index contributed by atoms with van der Waals surface area (Å²) in [6.45, 7) is 6.42. The Morgan fingerprint density at radius 2 is 1.82 bits per heavy atom. The van der Waals surface area contributed by atoms with Crippen LogP contribution in [0.15, 0.2) is 24.3 Å². The maximum Gasteiger partial charge on any atom is 0.242 e. The van der Waals surface area contributed by atoms with E-state index in [0.717, 1.165) is 11.3 Å². The van der Waals surface area contributed by atoms with Crippen LogP contribution in [0.4, 0.5) is 0 Å². The van der Waals surface area contributed by atoms with Gasteiger partial charge in [-0.2, -0.15) is 5.26 Å². The van der Waals surface area contributed by atoms with Gasteiger partial charge in [-0.1, -0.05) is 12.1 Å². The molecule has 0 heterocycles. The van der Waals surface area contributed by atoms with Crippen molar-refractivity contribution in [2.75, 3.05) is 0 Å². The van der Waals surface area contributed by atoms with Gasteiger partial charge in [-0.3, -0.25) is 0 Å². The largest absolute Gasteiger partial charge is 0.544 e. The van der Waals surface area contributed by atoms with Gasteiger partial charge in [0.05, 0.1) is 12.5 Å². The van der Waals surface area contributed by atoms with Gasteiger partial charge < -0.3 is 10.2 Å². The van der Waals surface area contributed by atoms with E-state index in [4.69, 9.17) is 15.4 Å². The van der Waals surface area contributed by atoms with Crippen molar-refractivity contribution in [3.8, 4) is 11.8 Å². The number of benzene rings is 1. The Morgan fingerprint density at radius 1 is 1.29 bits per heavy atom. The second kappa shape index (κ2) is 6.65. The van der Waals surface area contributed by atoms with Gasteiger partial charge in [0.2, 0.25) is 8.32 Å². The summed E-state index contributed by atoms with van der Waals surface area (Å²) in [5, 5.41) is 8.56. The van der Waals surface area contributed by atoms with Crippen molar-refractivity contribution in [3.63, 3.8) is 0 Å². The maximum atomic E-state index is 8.56. The normalized spacial score (nSPS) is 12.2. The topological polar surface area (TPSA) is 59.0 Å². The summed E-state index contributed by atoms with van der Waals surface area (Å²) in [5.74, 6) is 0.882. The first kappa shape index (κ1) is 16.0. The van der Waals surface area contributed by atoms with Crippen LogP contribution in [-0.4, -0.2) is 8.32 Å². The SMILES string of the molecule is C[Si](C)(C)Oc1ccc([C@H](N)CC#N)cc1.Cl. The number of halogens is 1. The van der Waals surface area contributed by atoms with E-state index in [2.05, 4.69) is 25.7 Å². The third-order valence-electron chi connectivity index (χ3n) is 2.04. The molecule has 0 radical (unpaired) electrons. The molecule has 17 heavy (non-hydrogen) atoms. The number of nitrogens with zero attached hydrogens (tertiary/aromatic N) is 1. The van der Waals surface area contributed by atoms with Crippen LogP contribution < -0.4 is 10.2 Å². The summed E-state index contributed by atoms with van der Waals surface area (Å²) in [4.78, 5) is 0. The van der Waals surface area contributed by atoms with E-state index in [-0.39, 0.29) is 18.4 Å². The van der Waals surface area contributed by atoms with E-state index >= 15 is 0 Å². The molecule has 0 aliphatic heterocycles. The molecule has 0 unspecified atom stereocenters. The van der Waals surface area contributed by atoms with Gasteiger partial charge >= 0.3 is 0 Å². The zero-order valence-corrected chi connectivity index (χ0v) is 12.3. The summed E-state index contributed by atoms with van der Waals surface area (Å²) < 4.78 is 5.83. The molecule has 0 bridgehead atoms. The van der Waals surface area contributed by atoms with Gasteiger partial charge in [0.1, 0.15) is 5.75 Å². The summed E-state index contributed by atoms with van der Waals surface area (Å²) in [6, 6.07) is 9.57. The first-order valence-electron chi connectivity index (χ1n) is 5.34. The Hall–Kier alpha value is -1.02. The third-order valence-corrected chi connectivity index (χ3v) is 2.89. The number of hydrogen-bond acceptors (Lipinski definition) is 3. The summed E-state index contributed by atoms with van der Waals surface area (Å²) in [5.41, 5.74) is 6.80. The van der Waals surface area contributed by atoms with Gasteiger partial charge in [-0.15, -0.1) is 12.4 Å². The highest BCUT2D eigenvalue weighted by Gasteiger charge is 2.16. The number of hydrogen-bond donors (Lipinski definition) is 1. The minimum Gasteiger partial charge on any atom is -0.544 e. The zero-order valence-electron chi connectivity index (χ0n) is 10.4. The van der Waals surface area contributed by atoms with Crippen molar-refractivity contribution in [3.05, 3.63) is 29.8 Å². The fourth-order valence-corrected chi connectivity index (χ4v) is 2.20. The van der Waals surface area contributed by atoms with Crippen LogP contribution in [0.1, 0.15) is 18.0 Å². The third kappa shape index (κ3) is 5.73. The molecule has 1 aromatic rings. The molecule has 0 saturated heterocycles. The number of nitriles is 1. The maximum absolute atomic E-state index is 8.56. The summed E-state index contributed by atoms with van der Waals surface area (Å²) in [6.07, 6.45) is 0.341. The molecular formula is C12H19ClN2OSi. The van der Waals surface area contributed by atoms with E-state index in [1.54, 1.807) is 0 Å². The highest BCUT2D eigenvalue weighted by molar-refractivity contribution is 6.70. The van der Waals surface area contributed by atoms with Gasteiger partial charge in [0, 0.05) is 6.04 Å². The molecule has 2 N–H and O–H groups in total. The molecule has 1 atom stereocenters. The average molecular weight is 271 g/mol. The molecule has 3 nitrogen and oxygen atoms in total. The van der Waals surface area contributed by atoms with Crippen LogP contribution in [0.5, 0.6) is 5.75 Å². The van der Waals surface area contributed by atoms with Crippen LogP contribution in [-0.2, 0) is 0 Å². The van der Waals surface area contributed by atoms with Crippen molar-refractivity contribution >= 4 is 20.7 Å². The van der Waals surface area contributed by atoms with Crippen LogP contribution >= 0.6 is 12.4 Å². The van der Waals surface area contributed by atoms with E-state index in [9.17, 15) is 0 Å². The van der Waals surface area contributed by atoms with Gasteiger partial charge in [0.15, 0.2) is 0 Å². The molecule has 94 valence electrons. The van der Waals surface area contributed by atoms with Gasteiger partial charge in [-0.05, 0) is 37.3 Å². The highest BCUT2D eigenvalue weighted by atomic mass is 35.5. The van der Waals surface area contributed by atoms with Crippen LogP contribution in [0.3, 0.4) is 0 Å². The van der Waals surface area contributed by atoms with E-state index in [0.29, 0.717) is 6.42 Å². The molecule has 1 rings (SSSR count). The first-order chi connectivity index (χ1) is 7.42.